The highest BCUT2D eigenvalue weighted by Crippen LogP contribution is 2.35. The van der Waals surface area contributed by atoms with Crippen molar-refractivity contribution < 1.29 is 14.6 Å². The van der Waals surface area contributed by atoms with E-state index in [1.165, 1.54) is 0 Å². The SMILES string of the molecule is CCOC1CC(CC(O)C2CCCOC2)C1. The van der Waals surface area contributed by atoms with Gasteiger partial charge in [0.05, 0.1) is 18.8 Å². The summed E-state index contributed by atoms with van der Waals surface area (Å²) in [4.78, 5) is 0. The van der Waals surface area contributed by atoms with E-state index < -0.39 is 0 Å². The molecule has 0 amide bonds. The van der Waals surface area contributed by atoms with E-state index in [1.54, 1.807) is 0 Å². The molecular weight excluding hydrogens is 204 g/mol. The molecule has 3 nitrogen and oxygen atoms in total. The van der Waals surface area contributed by atoms with Gasteiger partial charge in [0.15, 0.2) is 0 Å². The molecule has 0 aromatic heterocycles. The highest BCUT2D eigenvalue weighted by molar-refractivity contribution is 4.84. The van der Waals surface area contributed by atoms with Crippen molar-refractivity contribution in [1.82, 2.24) is 0 Å². The van der Waals surface area contributed by atoms with Crippen molar-refractivity contribution in [2.24, 2.45) is 11.8 Å². The van der Waals surface area contributed by atoms with Gasteiger partial charge < -0.3 is 14.6 Å². The van der Waals surface area contributed by atoms with Crippen LogP contribution >= 0.6 is 0 Å². The topological polar surface area (TPSA) is 38.7 Å². The molecule has 0 bridgehead atoms. The average molecular weight is 228 g/mol. The summed E-state index contributed by atoms with van der Waals surface area (Å²) >= 11 is 0. The minimum Gasteiger partial charge on any atom is -0.393 e. The summed E-state index contributed by atoms with van der Waals surface area (Å²) in [5.74, 6) is 1.05. The third-order valence-electron chi connectivity index (χ3n) is 3.91. The van der Waals surface area contributed by atoms with E-state index in [0.29, 0.717) is 17.9 Å². The van der Waals surface area contributed by atoms with Crippen molar-refractivity contribution in [2.75, 3.05) is 19.8 Å². The molecule has 1 N–H and O–H groups in total. The zero-order valence-corrected chi connectivity index (χ0v) is 10.2. The van der Waals surface area contributed by atoms with Crippen molar-refractivity contribution in [1.29, 1.82) is 0 Å². The van der Waals surface area contributed by atoms with Crippen LogP contribution in [0.15, 0.2) is 0 Å². The van der Waals surface area contributed by atoms with Gasteiger partial charge in [0, 0.05) is 19.1 Å². The minimum absolute atomic E-state index is 0.159. The first-order chi connectivity index (χ1) is 7.79. The van der Waals surface area contributed by atoms with E-state index in [-0.39, 0.29) is 6.10 Å². The molecule has 2 aliphatic rings. The fourth-order valence-electron chi connectivity index (χ4n) is 2.84. The minimum atomic E-state index is -0.159. The van der Waals surface area contributed by atoms with Crippen LogP contribution in [0.5, 0.6) is 0 Å². The molecule has 0 radical (unpaired) electrons. The second-order valence-corrected chi connectivity index (χ2v) is 5.20. The Morgan fingerprint density at radius 3 is 2.88 bits per heavy atom. The summed E-state index contributed by atoms with van der Waals surface area (Å²) in [5, 5.41) is 10.1. The number of rotatable bonds is 5. The average Bonchev–Trinajstić information content (AvgIpc) is 2.27. The lowest BCUT2D eigenvalue weighted by Gasteiger charge is -2.38. The lowest BCUT2D eigenvalue weighted by Crippen LogP contribution is -2.37. The van der Waals surface area contributed by atoms with Gasteiger partial charge in [0.1, 0.15) is 0 Å². The van der Waals surface area contributed by atoms with Crippen molar-refractivity contribution >= 4 is 0 Å². The molecule has 1 heterocycles. The summed E-state index contributed by atoms with van der Waals surface area (Å²) in [6, 6.07) is 0. The predicted octanol–water partition coefficient (Wildman–Crippen LogP) is 1.98. The first kappa shape index (κ1) is 12.3. The maximum atomic E-state index is 10.1. The molecule has 0 aromatic carbocycles. The van der Waals surface area contributed by atoms with Gasteiger partial charge in [0.25, 0.3) is 0 Å². The highest BCUT2D eigenvalue weighted by Gasteiger charge is 2.33. The summed E-state index contributed by atoms with van der Waals surface area (Å²) in [6.45, 7) is 4.49. The first-order valence-corrected chi connectivity index (χ1v) is 6.67. The molecule has 94 valence electrons. The fraction of sp³-hybridized carbons (Fsp3) is 1.00. The van der Waals surface area contributed by atoms with Crippen LogP contribution < -0.4 is 0 Å². The van der Waals surface area contributed by atoms with Crippen LogP contribution in [0.1, 0.15) is 39.0 Å². The van der Waals surface area contributed by atoms with Crippen molar-refractivity contribution in [2.45, 2.75) is 51.2 Å². The lowest BCUT2D eigenvalue weighted by molar-refractivity contribution is -0.0586. The standard InChI is InChI=1S/C13H24O3/c1-2-16-12-6-10(7-12)8-13(14)11-4-3-5-15-9-11/h10-14H,2-9H2,1H3. The van der Waals surface area contributed by atoms with E-state index in [4.69, 9.17) is 9.47 Å². The molecule has 2 atom stereocenters. The second-order valence-electron chi connectivity index (χ2n) is 5.20. The van der Waals surface area contributed by atoms with Crippen molar-refractivity contribution in [3.05, 3.63) is 0 Å². The molecular formula is C13H24O3. The normalized spacial score (nSPS) is 36.8. The fourth-order valence-corrected chi connectivity index (χ4v) is 2.84. The van der Waals surface area contributed by atoms with E-state index in [1.807, 2.05) is 6.92 Å². The van der Waals surface area contributed by atoms with Gasteiger partial charge in [-0.15, -0.1) is 0 Å². The Hall–Kier alpha value is -0.120. The van der Waals surface area contributed by atoms with Gasteiger partial charge in [-0.25, -0.2) is 0 Å². The number of hydrogen-bond acceptors (Lipinski definition) is 3. The molecule has 1 aliphatic heterocycles. The Labute approximate surface area is 98.1 Å². The molecule has 0 aromatic rings. The quantitative estimate of drug-likeness (QED) is 0.782. The second kappa shape index (κ2) is 5.99. The molecule has 0 spiro atoms. The molecule has 2 unspecified atom stereocenters. The summed E-state index contributed by atoms with van der Waals surface area (Å²) in [5.41, 5.74) is 0. The van der Waals surface area contributed by atoms with E-state index in [9.17, 15) is 5.11 Å². The molecule has 2 rings (SSSR count). The van der Waals surface area contributed by atoms with Crippen LogP contribution in [0.3, 0.4) is 0 Å². The van der Waals surface area contributed by atoms with Crippen LogP contribution in [0.25, 0.3) is 0 Å². The van der Waals surface area contributed by atoms with Gasteiger partial charge in [0.2, 0.25) is 0 Å². The molecule has 16 heavy (non-hydrogen) atoms. The van der Waals surface area contributed by atoms with Gasteiger partial charge in [-0.1, -0.05) is 0 Å². The van der Waals surface area contributed by atoms with E-state index in [0.717, 1.165) is 51.9 Å². The van der Waals surface area contributed by atoms with Crippen molar-refractivity contribution in [3.63, 3.8) is 0 Å². The Morgan fingerprint density at radius 2 is 2.25 bits per heavy atom. The lowest BCUT2D eigenvalue weighted by atomic mass is 9.76. The molecule has 2 fully saturated rings. The van der Waals surface area contributed by atoms with Crippen LogP contribution in [-0.4, -0.2) is 37.1 Å². The predicted molar refractivity (Wildman–Crippen MR) is 62.3 cm³/mol. The van der Waals surface area contributed by atoms with Crippen molar-refractivity contribution in [3.8, 4) is 0 Å². The Kier molecular flexibility index (Phi) is 4.62. The Morgan fingerprint density at radius 1 is 1.44 bits per heavy atom. The summed E-state index contributed by atoms with van der Waals surface area (Å²) < 4.78 is 10.9. The van der Waals surface area contributed by atoms with Crippen LogP contribution in [0.2, 0.25) is 0 Å². The molecule has 1 saturated heterocycles. The zero-order chi connectivity index (χ0) is 11.4. The maximum absolute atomic E-state index is 10.1. The van der Waals surface area contributed by atoms with Crippen LogP contribution in [0.4, 0.5) is 0 Å². The van der Waals surface area contributed by atoms with Gasteiger partial charge in [-0.05, 0) is 44.9 Å². The zero-order valence-electron chi connectivity index (χ0n) is 10.2. The smallest absolute Gasteiger partial charge is 0.0593 e. The molecule has 3 heteroatoms. The van der Waals surface area contributed by atoms with Gasteiger partial charge in [-0.3, -0.25) is 0 Å². The third-order valence-corrected chi connectivity index (χ3v) is 3.91. The Balaban J connectivity index is 1.62. The monoisotopic (exact) mass is 228 g/mol. The highest BCUT2D eigenvalue weighted by atomic mass is 16.5. The van der Waals surface area contributed by atoms with Gasteiger partial charge >= 0.3 is 0 Å². The number of aliphatic hydroxyl groups excluding tert-OH is 1. The van der Waals surface area contributed by atoms with E-state index in [2.05, 4.69) is 0 Å². The Bertz CT molecular complexity index is 195. The summed E-state index contributed by atoms with van der Waals surface area (Å²) in [7, 11) is 0. The largest absolute Gasteiger partial charge is 0.393 e. The third kappa shape index (κ3) is 3.19. The first-order valence-electron chi connectivity index (χ1n) is 6.67. The van der Waals surface area contributed by atoms with Crippen LogP contribution in [0, 0.1) is 11.8 Å². The molecule has 1 saturated carbocycles. The van der Waals surface area contributed by atoms with E-state index >= 15 is 0 Å². The number of aliphatic hydroxyl groups is 1. The molecule has 1 aliphatic carbocycles. The van der Waals surface area contributed by atoms with Crippen LogP contribution in [-0.2, 0) is 9.47 Å². The maximum Gasteiger partial charge on any atom is 0.0593 e. The number of ether oxygens (including phenoxy) is 2. The van der Waals surface area contributed by atoms with Gasteiger partial charge in [-0.2, -0.15) is 0 Å². The summed E-state index contributed by atoms with van der Waals surface area (Å²) in [6.07, 6.45) is 5.75. The number of hydrogen-bond donors (Lipinski definition) is 1.